The molecule has 0 unspecified atom stereocenters. The molecule has 122 valence electrons. The first-order valence-corrected chi connectivity index (χ1v) is 8.11. The van der Waals surface area contributed by atoms with Gasteiger partial charge in [-0.1, -0.05) is 12.1 Å². The number of nitrogens with one attached hydrogen (secondary N) is 1. The molecule has 0 aromatic heterocycles. The van der Waals surface area contributed by atoms with Crippen molar-refractivity contribution < 1.29 is 14.4 Å². The summed E-state index contributed by atoms with van der Waals surface area (Å²) in [6.07, 6.45) is 2.60. The van der Waals surface area contributed by atoms with Gasteiger partial charge in [0.25, 0.3) is 11.8 Å². The van der Waals surface area contributed by atoms with Crippen molar-refractivity contribution in [1.82, 2.24) is 15.1 Å². The predicted octanol–water partition coefficient (Wildman–Crippen LogP) is 0.885. The van der Waals surface area contributed by atoms with Gasteiger partial charge in [0.15, 0.2) is 0 Å². The summed E-state index contributed by atoms with van der Waals surface area (Å²) in [7, 11) is 0. The predicted molar refractivity (Wildman–Crippen MR) is 85.1 cm³/mol. The van der Waals surface area contributed by atoms with E-state index in [1.54, 1.807) is 24.3 Å². The molecule has 1 fully saturated rings. The van der Waals surface area contributed by atoms with E-state index >= 15 is 0 Å². The smallest absolute Gasteiger partial charge is 0.261 e. The van der Waals surface area contributed by atoms with Crippen LogP contribution in [0.2, 0.25) is 0 Å². The van der Waals surface area contributed by atoms with Gasteiger partial charge in [-0.25, -0.2) is 0 Å². The summed E-state index contributed by atoms with van der Waals surface area (Å²) in [4.78, 5) is 39.7. The highest BCUT2D eigenvalue weighted by Gasteiger charge is 2.34. The second-order valence-electron chi connectivity index (χ2n) is 5.96. The molecule has 1 aromatic rings. The van der Waals surface area contributed by atoms with Crippen LogP contribution in [0.15, 0.2) is 24.3 Å². The van der Waals surface area contributed by atoms with E-state index in [0.29, 0.717) is 17.7 Å². The van der Waals surface area contributed by atoms with Crippen LogP contribution >= 0.6 is 0 Å². The van der Waals surface area contributed by atoms with Crippen molar-refractivity contribution in [3.8, 4) is 0 Å². The fourth-order valence-electron chi connectivity index (χ4n) is 3.10. The lowest BCUT2D eigenvalue weighted by molar-refractivity contribution is -0.121. The van der Waals surface area contributed by atoms with Gasteiger partial charge >= 0.3 is 0 Å². The highest BCUT2D eigenvalue weighted by molar-refractivity contribution is 6.21. The van der Waals surface area contributed by atoms with Crippen LogP contribution in [-0.4, -0.2) is 60.2 Å². The highest BCUT2D eigenvalue weighted by Crippen LogP contribution is 2.22. The maximum Gasteiger partial charge on any atom is 0.261 e. The average molecular weight is 315 g/mol. The molecule has 2 aliphatic heterocycles. The molecular formula is C17H21N3O3. The number of carbonyl (C=O) groups excluding carboxylic acids is 3. The Balaban J connectivity index is 1.44. The summed E-state index contributed by atoms with van der Waals surface area (Å²) < 4.78 is 0. The van der Waals surface area contributed by atoms with E-state index < -0.39 is 0 Å². The summed E-state index contributed by atoms with van der Waals surface area (Å²) in [5.41, 5.74) is 0.846. The first-order valence-electron chi connectivity index (χ1n) is 8.11. The third kappa shape index (κ3) is 3.42. The highest BCUT2D eigenvalue weighted by atomic mass is 16.2. The number of amides is 3. The van der Waals surface area contributed by atoms with Crippen molar-refractivity contribution in [2.75, 3.05) is 32.7 Å². The fraction of sp³-hybridized carbons (Fsp3) is 0.471. The molecule has 3 rings (SSSR count). The summed E-state index contributed by atoms with van der Waals surface area (Å²) in [6, 6.07) is 6.76. The first kappa shape index (κ1) is 15.7. The SMILES string of the molecule is O=C(CCN1C(=O)c2ccccc2C1=O)NCCN1CCCC1. The zero-order valence-corrected chi connectivity index (χ0v) is 13.1. The molecule has 23 heavy (non-hydrogen) atoms. The minimum absolute atomic E-state index is 0.124. The van der Waals surface area contributed by atoms with Crippen LogP contribution in [0.25, 0.3) is 0 Å². The Morgan fingerprint density at radius 2 is 1.61 bits per heavy atom. The molecular weight excluding hydrogens is 294 g/mol. The van der Waals surface area contributed by atoms with E-state index in [1.807, 2.05) is 0 Å². The Labute approximate surface area is 135 Å². The number of imide groups is 1. The van der Waals surface area contributed by atoms with Crippen LogP contribution in [0.4, 0.5) is 0 Å². The Hall–Kier alpha value is -2.21. The number of nitrogens with zero attached hydrogens (tertiary/aromatic N) is 2. The van der Waals surface area contributed by atoms with Crippen LogP contribution < -0.4 is 5.32 Å². The summed E-state index contributed by atoms with van der Waals surface area (Å²) in [5.74, 6) is -0.744. The van der Waals surface area contributed by atoms with E-state index in [-0.39, 0.29) is 30.7 Å². The average Bonchev–Trinajstić information content (AvgIpc) is 3.15. The van der Waals surface area contributed by atoms with Crippen molar-refractivity contribution in [2.45, 2.75) is 19.3 Å². The van der Waals surface area contributed by atoms with Gasteiger partial charge in [-0.15, -0.1) is 0 Å². The molecule has 6 nitrogen and oxygen atoms in total. The van der Waals surface area contributed by atoms with Crippen LogP contribution in [0.1, 0.15) is 40.0 Å². The quantitative estimate of drug-likeness (QED) is 0.791. The minimum Gasteiger partial charge on any atom is -0.355 e. The molecule has 1 N–H and O–H groups in total. The zero-order chi connectivity index (χ0) is 16.2. The standard InChI is InChI=1S/C17H21N3O3/c21-15(18-8-12-19-9-3-4-10-19)7-11-20-16(22)13-5-1-2-6-14(13)17(20)23/h1-2,5-6H,3-4,7-12H2,(H,18,21). The Bertz CT molecular complexity index is 588. The second-order valence-corrected chi connectivity index (χ2v) is 5.96. The van der Waals surface area contributed by atoms with Gasteiger partial charge in [0, 0.05) is 26.1 Å². The van der Waals surface area contributed by atoms with E-state index in [9.17, 15) is 14.4 Å². The van der Waals surface area contributed by atoms with Crippen LogP contribution in [-0.2, 0) is 4.79 Å². The molecule has 6 heteroatoms. The lowest BCUT2D eigenvalue weighted by atomic mass is 10.1. The maximum atomic E-state index is 12.2. The summed E-state index contributed by atoms with van der Waals surface area (Å²) >= 11 is 0. The molecule has 2 heterocycles. The van der Waals surface area contributed by atoms with Gasteiger partial charge in [-0.2, -0.15) is 0 Å². The summed E-state index contributed by atoms with van der Waals surface area (Å²) in [5, 5.41) is 2.85. The van der Waals surface area contributed by atoms with Crippen molar-refractivity contribution in [2.24, 2.45) is 0 Å². The van der Waals surface area contributed by atoms with E-state index in [2.05, 4.69) is 10.2 Å². The summed E-state index contributed by atoms with van der Waals surface area (Å²) in [6.45, 7) is 3.80. The monoisotopic (exact) mass is 315 g/mol. The molecule has 0 bridgehead atoms. The maximum absolute atomic E-state index is 12.2. The Kier molecular flexibility index (Phi) is 4.71. The Morgan fingerprint density at radius 1 is 1.00 bits per heavy atom. The topological polar surface area (TPSA) is 69.7 Å². The molecule has 0 aliphatic carbocycles. The van der Waals surface area contributed by atoms with Gasteiger partial charge in [0.1, 0.15) is 0 Å². The van der Waals surface area contributed by atoms with Gasteiger partial charge in [0.05, 0.1) is 11.1 Å². The number of fused-ring (bicyclic) bond motifs is 1. The number of likely N-dealkylation sites (tertiary alicyclic amines) is 1. The molecule has 3 amide bonds. The van der Waals surface area contributed by atoms with Gasteiger partial charge < -0.3 is 10.2 Å². The van der Waals surface area contributed by atoms with E-state index in [0.717, 1.165) is 24.5 Å². The number of hydrogen-bond donors (Lipinski definition) is 1. The molecule has 1 aromatic carbocycles. The molecule has 0 atom stereocenters. The van der Waals surface area contributed by atoms with Crippen LogP contribution in [0.5, 0.6) is 0 Å². The van der Waals surface area contributed by atoms with Crippen molar-refractivity contribution >= 4 is 17.7 Å². The van der Waals surface area contributed by atoms with Gasteiger partial charge in [-0.3, -0.25) is 19.3 Å². The van der Waals surface area contributed by atoms with E-state index in [1.165, 1.54) is 12.8 Å². The molecule has 0 spiro atoms. The largest absolute Gasteiger partial charge is 0.355 e. The second kappa shape index (κ2) is 6.91. The lowest BCUT2D eigenvalue weighted by Gasteiger charge is -2.16. The zero-order valence-electron chi connectivity index (χ0n) is 13.1. The van der Waals surface area contributed by atoms with E-state index in [4.69, 9.17) is 0 Å². The van der Waals surface area contributed by atoms with Crippen LogP contribution in [0.3, 0.4) is 0 Å². The third-order valence-corrected chi connectivity index (χ3v) is 4.39. The number of rotatable bonds is 6. The normalized spacial score (nSPS) is 17.7. The number of hydrogen-bond acceptors (Lipinski definition) is 4. The van der Waals surface area contributed by atoms with Crippen molar-refractivity contribution in [3.63, 3.8) is 0 Å². The first-order chi connectivity index (χ1) is 11.2. The Morgan fingerprint density at radius 3 is 2.22 bits per heavy atom. The lowest BCUT2D eigenvalue weighted by Crippen LogP contribution is -2.37. The fourth-order valence-corrected chi connectivity index (χ4v) is 3.10. The van der Waals surface area contributed by atoms with Gasteiger partial charge in [0.2, 0.25) is 5.91 Å². The molecule has 0 radical (unpaired) electrons. The third-order valence-electron chi connectivity index (χ3n) is 4.39. The molecule has 2 aliphatic rings. The minimum atomic E-state index is -0.310. The van der Waals surface area contributed by atoms with Crippen molar-refractivity contribution in [3.05, 3.63) is 35.4 Å². The van der Waals surface area contributed by atoms with Crippen molar-refractivity contribution in [1.29, 1.82) is 0 Å². The molecule has 0 saturated carbocycles. The van der Waals surface area contributed by atoms with Crippen LogP contribution in [0, 0.1) is 0 Å². The van der Waals surface area contributed by atoms with Gasteiger partial charge in [-0.05, 0) is 38.1 Å². The molecule has 1 saturated heterocycles. The number of carbonyl (C=O) groups is 3. The number of benzene rings is 1.